The first-order chi connectivity index (χ1) is 16.3. The number of thioether (sulfide) groups is 1. The molecular formula is C26H37N3O4S. The van der Waals surface area contributed by atoms with Crippen molar-refractivity contribution >= 4 is 29.5 Å². The smallest absolute Gasteiger partial charge is 0.244 e. The normalized spacial score (nSPS) is 32.5. The topological polar surface area (TPSA) is 98.7 Å². The fourth-order valence-corrected chi connectivity index (χ4v) is 8.62. The Balaban J connectivity index is 1.77. The van der Waals surface area contributed by atoms with E-state index >= 15 is 0 Å². The SMILES string of the molecule is CCCCNC(=O)C1N([C@H](CO)c2ccccc2)C(=O)[C@@H]2[C@H](C(=O)NCCC)[C@]3(C)CCC12S3. The Morgan fingerprint density at radius 1 is 1.12 bits per heavy atom. The Morgan fingerprint density at radius 3 is 2.47 bits per heavy atom. The van der Waals surface area contributed by atoms with E-state index in [0.29, 0.717) is 19.5 Å². The van der Waals surface area contributed by atoms with Gasteiger partial charge in [-0.1, -0.05) is 50.6 Å². The molecule has 0 aromatic heterocycles. The second-order valence-electron chi connectivity index (χ2n) is 10.0. The van der Waals surface area contributed by atoms with Gasteiger partial charge in [0.25, 0.3) is 0 Å². The average Bonchev–Trinajstić information content (AvgIpc) is 3.40. The number of amides is 3. The van der Waals surface area contributed by atoms with Crippen LogP contribution in [0.3, 0.4) is 0 Å². The van der Waals surface area contributed by atoms with Crippen molar-refractivity contribution in [1.82, 2.24) is 15.5 Å². The van der Waals surface area contributed by atoms with E-state index in [0.717, 1.165) is 31.2 Å². The lowest BCUT2D eigenvalue weighted by Gasteiger charge is -2.37. The summed E-state index contributed by atoms with van der Waals surface area (Å²) in [4.78, 5) is 42.8. The number of aliphatic hydroxyl groups excluding tert-OH is 1. The molecule has 186 valence electrons. The summed E-state index contributed by atoms with van der Waals surface area (Å²) in [5.41, 5.74) is 0.791. The first kappa shape index (κ1) is 25.0. The summed E-state index contributed by atoms with van der Waals surface area (Å²) in [5, 5.41) is 16.5. The Bertz CT molecular complexity index is 928. The summed E-state index contributed by atoms with van der Waals surface area (Å²) in [5.74, 6) is -1.52. The number of hydrogen-bond acceptors (Lipinski definition) is 5. The van der Waals surface area contributed by atoms with E-state index in [2.05, 4.69) is 24.5 Å². The van der Waals surface area contributed by atoms with E-state index < -0.39 is 28.7 Å². The zero-order valence-corrected chi connectivity index (χ0v) is 21.2. The van der Waals surface area contributed by atoms with Crippen LogP contribution in [-0.2, 0) is 14.4 Å². The highest BCUT2D eigenvalue weighted by Gasteiger charge is 2.77. The van der Waals surface area contributed by atoms with Gasteiger partial charge in [-0.2, -0.15) is 0 Å². The molecule has 7 nitrogen and oxygen atoms in total. The van der Waals surface area contributed by atoms with E-state index in [1.807, 2.05) is 37.3 Å². The minimum Gasteiger partial charge on any atom is -0.394 e. The first-order valence-electron chi connectivity index (χ1n) is 12.6. The molecule has 34 heavy (non-hydrogen) atoms. The monoisotopic (exact) mass is 487 g/mol. The highest BCUT2D eigenvalue weighted by atomic mass is 32.2. The van der Waals surface area contributed by atoms with E-state index in [-0.39, 0.29) is 29.1 Å². The summed E-state index contributed by atoms with van der Waals surface area (Å²) >= 11 is 1.66. The third-order valence-corrected chi connectivity index (χ3v) is 9.80. The number of unbranched alkanes of at least 4 members (excludes halogenated alkanes) is 1. The molecule has 3 saturated heterocycles. The van der Waals surface area contributed by atoms with Gasteiger partial charge in [-0.15, -0.1) is 11.8 Å². The van der Waals surface area contributed by atoms with Crippen LogP contribution in [-0.4, -0.2) is 63.0 Å². The molecular weight excluding hydrogens is 450 g/mol. The van der Waals surface area contributed by atoms with Gasteiger partial charge in [-0.05, 0) is 38.2 Å². The van der Waals surface area contributed by atoms with Gasteiger partial charge in [-0.25, -0.2) is 0 Å². The average molecular weight is 488 g/mol. The van der Waals surface area contributed by atoms with Crippen molar-refractivity contribution in [2.75, 3.05) is 19.7 Å². The van der Waals surface area contributed by atoms with Gasteiger partial charge >= 0.3 is 0 Å². The summed E-state index contributed by atoms with van der Waals surface area (Å²) in [6.45, 7) is 6.98. The minimum atomic E-state index is -0.727. The second kappa shape index (κ2) is 9.90. The molecule has 1 aromatic carbocycles. The number of nitrogens with one attached hydrogen (secondary N) is 2. The van der Waals surface area contributed by atoms with Crippen LogP contribution in [0.25, 0.3) is 0 Å². The largest absolute Gasteiger partial charge is 0.394 e. The number of hydrogen-bond donors (Lipinski definition) is 3. The lowest BCUT2D eigenvalue weighted by molar-refractivity contribution is -0.143. The van der Waals surface area contributed by atoms with E-state index in [4.69, 9.17) is 0 Å². The molecule has 2 bridgehead atoms. The molecule has 8 heteroatoms. The quantitative estimate of drug-likeness (QED) is 0.441. The Hall–Kier alpha value is -2.06. The van der Waals surface area contributed by atoms with Gasteiger partial charge in [0.1, 0.15) is 6.04 Å². The number of fused-ring (bicyclic) bond motifs is 1. The zero-order valence-electron chi connectivity index (χ0n) is 20.4. The van der Waals surface area contributed by atoms with Gasteiger partial charge < -0.3 is 20.6 Å². The summed E-state index contributed by atoms with van der Waals surface area (Å²) in [6, 6.07) is 8.02. The van der Waals surface area contributed by atoms with Gasteiger partial charge in [0.05, 0.1) is 29.2 Å². The summed E-state index contributed by atoms with van der Waals surface area (Å²) in [7, 11) is 0. The van der Waals surface area contributed by atoms with Crippen molar-refractivity contribution < 1.29 is 19.5 Å². The van der Waals surface area contributed by atoms with Crippen LogP contribution in [0.1, 0.15) is 64.5 Å². The number of carbonyl (C=O) groups excluding carboxylic acids is 3. The van der Waals surface area contributed by atoms with Crippen molar-refractivity contribution in [1.29, 1.82) is 0 Å². The second-order valence-corrected chi connectivity index (χ2v) is 11.9. The molecule has 4 rings (SSSR count). The number of rotatable bonds is 10. The highest BCUT2D eigenvalue weighted by Crippen LogP contribution is 2.71. The molecule has 1 spiro atoms. The third kappa shape index (κ3) is 3.92. The Kier molecular flexibility index (Phi) is 7.29. The van der Waals surface area contributed by atoms with E-state index in [1.165, 1.54) is 0 Å². The van der Waals surface area contributed by atoms with Crippen LogP contribution in [0.15, 0.2) is 30.3 Å². The van der Waals surface area contributed by atoms with Crippen molar-refractivity contribution in [2.24, 2.45) is 11.8 Å². The molecule has 3 heterocycles. The van der Waals surface area contributed by atoms with Crippen molar-refractivity contribution in [3.8, 4) is 0 Å². The van der Waals surface area contributed by atoms with Crippen LogP contribution < -0.4 is 10.6 Å². The number of aliphatic hydroxyl groups is 1. The van der Waals surface area contributed by atoms with Crippen LogP contribution in [0.2, 0.25) is 0 Å². The molecule has 2 unspecified atom stereocenters. The molecule has 3 amide bonds. The minimum absolute atomic E-state index is 0.0935. The maximum absolute atomic E-state index is 14.2. The van der Waals surface area contributed by atoms with Crippen LogP contribution in [0.4, 0.5) is 0 Å². The predicted molar refractivity (Wildman–Crippen MR) is 133 cm³/mol. The molecule has 3 aliphatic rings. The standard InChI is InChI=1S/C26H37N3O4S/c1-4-6-15-28-23(32)21-26-13-12-25(3,34-26)19(22(31)27-14-5-2)20(26)24(33)29(21)18(16-30)17-10-8-7-9-11-17/h7-11,18-21,30H,4-6,12-16H2,1-3H3,(H,27,31)(H,28,32)/t18-,19-,20+,21?,25+,26?/m1/s1. The predicted octanol–water partition coefficient (Wildman–Crippen LogP) is 2.64. The van der Waals surface area contributed by atoms with Crippen molar-refractivity contribution in [2.45, 2.75) is 74.5 Å². The van der Waals surface area contributed by atoms with Crippen LogP contribution in [0, 0.1) is 11.8 Å². The van der Waals surface area contributed by atoms with Gasteiger partial charge in [0.15, 0.2) is 0 Å². The molecule has 0 aliphatic carbocycles. The maximum atomic E-state index is 14.2. The van der Waals surface area contributed by atoms with Crippen LogP contribution in [0.5, 0.6) is 0 Å². The first-order valence-corrected chi connectivity index (χ1v) is 13.4. The Labute approximate surface area is 206 Å². The van der Waals surface area contributed by atoms with Crippen molar-refractivity contribution in [3.63, 3.8) is 0 Å². The lowest BCUT2D eigenvalue weighted by atomic mass is 9.66. The molecule has 3 fully saturated rings. The number of carbonyl (C=O) groups is 3. The van der Waals surface area contributed by atoms with E-state index in [9.17, 15) is 19.5 Å². The fourth-order valence-electron chi connectivity index (χ4n) is 6.27. The maximum Gasteiger partial charge on any atom is 0.244 e. The van der Waals surface area contributed by atoms with Gasteiger partial charge in [-0.3, -0.25) is 14.4 Å². The number of likely N-dealkylation sites (tertiary alicyclic amines) is 1. The molecule has 0 saturated carbocycles. The highest BCUT2D eigenvalue weighted by molar-refractivity contribution is 8.02. The molecule has 3 N–H and O–H groups in total. The molecule has 6 atom stereocenters. The third-order valence-electron chi connectivity index (χ3n) is 7.82. The summed E-state index contributed by atoms with van der Waals surface area (Å²) < 4.78 is -1.05. The number of nitrogens with zero attached hydrogens (tertiary/aromatic N) is 1. The van der Waals surface area contributed by atoms with Crippen molar-refractivity contribution in [3.05, 3.63) is 35.9 Å². The zero-order chi connectivity index (χ0) is 24.5. The van der Waals surface area contributed by atoms with Gasteiger partial charge in [0, 0.05) is 17.8 Å². The number of benzene rings is 1. The lowest BCUT2D eigenvalue weighted by Crippen LogP contribution is -2.54. The molecule has 0 radical (unpaired) electrons. The van der Waals surface area contributed by atoms with Gasteiger partial charge in [0.2, 0.25) is 17.7 Å². The summed E-state index contributed by atoms with van der Waals surface area (Å²) in [6.07, 6.45) is 4.13. The van der Waals surface area contributed by atoms with E-state index in [1.54, 1.807) is 16.7 Å². The van der Waals surface area contributed by atoms with Crippen LogP contribution >= 0.6 is 11.8 Å². The molecule has 1 aromatic rings. The Morgan fingerprint density at radius 2 is 1.82 bits per heavy atom. The molecule has 3 aliphatic heterocycles. The fraction of sp³-hybridized carbons (Fsp3) is 0.654.